The van der Waals surface area contributed by atoms with E-state index in [9.17, 15) is 4.39 Å². The molecule has 7 rings (SSSR count). The number of rotatable bonds is 5. The molecule has 0 atom stereocenters. The number of nitrogens with zero attached hydrogens (tertiary/aromatic N) is 2. The Morgan fingerprint density at radius 2 is 1.02 bits per heavy atom. The van der Waals surface area contributed by atoms with Gasteiger partial charge in [0.05, 0.1) is 27.4 Å². The molecular formula is C36H24ClFN2. The van der Waals surface area contributed by atoms with Crippen molar-refractivity contribution in [2.45, 2.75) is 0 Å². The Bertz CT molecular complexity index is 1870. The lowest BCUT2D eigenvalue weighted by atomic mass is 10.0. The predicted octanol–water partition coefficient (Wildman–Crippen LogP) is 10.7. The molecule has 0 aliphatic heterocycles. The molecule has 0 saturated carbocycles. The Balaban J connectivity index is 1.58. The van der Waals surface area contributed by atoms with Crippen molar-refractivity contribution < 1.29 is 4.39 Å². The molecular weight excluding hydrogens is 515 g/mol. The van der Waals surface area contributed by atoms with E-state index < -0.39 is 0 Å². The molecule has 1 aromatic heterocycles. The number of anilines is 3. The fraction of sp³-hybridized carbons (Fsp3) is 0. The largest absolute Gasteiger partial charge is 0.309 e. The van der Waals surface area contributed by atoms with E-state index in [1.54, 1.807) is 0 Å². The number of halogens is 2. The van der Waals surface area contributed by atoms with Crippen LogP contribution >= 0.6 is 11.6 Å². The zero-order valence-electron chi connectivity index (χ0n) is 21.5. The zero-order valence-corrected chi connectivity index (χ0v) is 22.3. The van der Waals surface area contributed by atoms with Crippen LogP contribution in [0.15, 0.2) is 146 Å². The molecule has 0 aliphatic rings. The number of aromatic nitrogens is 1. The minimum Gasteiger partial charge on any atom is -0.309 e. The molecule has 2 nitrogen and oxygen atoms in total. The Kier molecular flexibility index (Phi) is 6.07. The van der Waals surface area contributed by atoms with Crippen molar-refractivity contribution in [2.24, 2.45) is 0 Å². The van der Waals surface area contributed by atoms with Crippen LogP contribution in [-0.4, -0.2) is 4.57 Å². The predicted molar refractivity (Wildman–Crippen MR) is 166 cm³/mol. The van der Waals surface area contributed by atoms with Crippen molar-refractivity contribution in [3.05, 3.63) is 156 Å². The first-order valence-corrected chi connectivity index (χ1v) is 13.5. The molecule has 40 heavy (non-hydrogen) atoms. The first-order valence-electron chi connectivity index (χ1n) is 13.2. The van der Waals surface area contributed by atoms with E-state index in [0.717, 1.165) is 55.7 Å². The summed E-state index contributed by atoms with van der Waals surface area (Å²) in [5.74, 6) is -0.268. The third kappa shape index (κ3) is 4.12. The van der Waals surface area contributed by atoms with Gasteiger partial charge in [0.25, 0.3) is 0 Å². The van der Waals surface area contributed by atoms with Gasteiger partial charge >= 0.3 is 0 Å². The molecule has 0 saturated heterocycles. The topological polar surface area (TPSA) is 8.17 Å². The van der Waals surface area contributed by atoms with Crippen LogP contribution in [0.3, 0.4) is 0 Å². The SMILES string of the molecule is Fc1ccc(-c2cc(N(c3ccccc3)c3ccccc3)c(Cl)c(-n3c4ccccc4c4ccccc43)c2)cc1. The van der Waals surface area contributed by atoms with Crippen LogP contribution in [0.25, 0.3) is 38.6 Å². The molecule has 0 unspecified atom stereocenters. The van der Waals surface area contributed by atoms with Crippen molar-refractivity contribution in [2.75, 3.05) is 4.90 Å². The highest BCUT2D eigenvalue weighted by atomic mass is 35.5. The van der Waals surface area contributed by atoms with E-state index in [-0.39, 0.29) is 5.82 Å². The smallest absolute Gasteiger partial charge is 0.123 e. The molecule has 6 aromatic carbocycles. The van der Waals surface area contributed by atoms with Gasteiger partial charge in [-0.1, -0.05) is 96.5 Å². The molecule has 4 heteroatoms. The molecule has 0 radical (unpaired) electrons. The third-order valence-corrected chi connectivity index (χ3v) is 7.69. The molecule has 0 aliphatic carbocycles. The number of fused-ring (bicyclic) bond motifs is 3. The van der Waals surface area contributed by atoms with Gasteiger partial charge in [0.1, 0.15) is 5.82 Å². The number of benzene rings is 6. The second-order valence-corrected chi connectivity index (χ2v) is 10.1. The summed E-state index contributed by atoms with van der Waals surface area (Å²) in [7, 11) is 0. The standard InChI is InChI=1S/C36H24ClFN2/c37-36-34(39(28-11-3-1-4-12-28)29-13-5-2-6-14-29)23-26(25-19-21-27(38)22-20-25)24-35(36)40-32-17-9-7-15-30(32)31-16-8-10-18-33(31)40/h1-24H. The number of hydrogen-bond donors (Lipinski definition) is 0. The van der Waals surface area contributed by atoms with Crippen LogP contribution in [0.1, 0.15) is 0 Å². The molecule has 1 heterocycles. The van der Waals surface area contributed by atoms with Gasteiger partial charge in [-0.2, -0.15) is 0 Å². The maximum atomic E-state index is 13.9. The quantitative estimate of drug-likeness (QED) is 0.211. The average Bonchev–Trinajstić information content (AvgIpc) is 3.34. The van der Waals surface area contributed by atoms with Crippen LogP contribution in [-0.2, 0) is 0 Å². The van der Waals surface area contributed by atoms with Crippen LogP contribution < -0.4 is 4.90 Å². The number of hydrogen-bond acceptors (Lipinski definition) is 1. The molecule has 0 fully saturated rings. The highest BCUT2D eigenvalue weighted by Crippen LogP contribution is 2.45. The van der Waals surface area contributed by atoms with E-state index in [0.29, 0.717) is 5.02 Å². The summed E-state index contributed by atoms with van der Waals surface area (Å²) >= 11 is 7.46. The second-order valence-electron chi connectivity index (χ2n) is 9.71. The minimum absolute atomic E-state index is 0.268. The fourth-order valence-electron chi connectivity index (χ4n) is 5.49. The van der Waals surface area contributed by atoms with Crippen molar-refractivity contribution in [3.8, 4) is 16.8 Å². The van der Waals surface area contributed by atoms with Gasteiger partial charge in [-0.05, 0) is 71.8 Å². The van der Waals surface area contributed by atoms with Crippen LogP contribution in [0, 0.1) is 5.82 Å². The van der Waals surface area contributed by atoms with E-state index in [1.807, 2.05) is 48.5 Å². The Morgan fingerprint density at radius 1 is 0.525 bits per heavy atom. The van der Waals surface area contributed by atoms with E-state index in [4.69, 9.17) is 11.6 Å². The maximum Gasteiger partial charge on any atom is 0.123 e. The van der Waals surface area contributed by atoms with Gasteiger partial charge in [-0.15, -0.1) is 0 Å². The monoisotopic (exact) mass is 538 g/mol. The summed E-state index contributed by atoms with van der Waals surface area (Å²) in [6.07, 6.45) is 0. The van der Waals surface area contributed by atoms with E-state index in [2.05, 4.69) is 94.4 Å². The van der Waals surface area contributed by atoms with E-state index >= 15 is 0 Å². The van der Waals surface area contributed by atoms with Crippen LogP contribution in [0.4, 0.5) is 21.5 Å². The lowest BCUT2D eigenvalue weighted by molar-refractivity contribution is 0.628. The summed E-state index contributed by atoms with van der Waals surface area (Å²) in [5, 5.41) is 2.93. The van der Waals surface area contributed by atoms with Gasteiger partial charge in [-0.25, -0.2) is 4.39 Å². The molecule has 7 aromatic rings. The summed E-state index contributed by atoms with van der Waals surface area (Å²) in [6, 6.07) is 48.0. The van der Waals surface area contributed by atoms with Gasteiger partial charge in [0, 0.05) is 22.1 Å². The summed E-state index contributed by atoms with van der Waals surface area (Å²) in [4.78, 5) is 2.17. The minimum atomic E-state index is -0.268. The maximum absolute atomic E-state index is 13.9. The van der Waals surface area contributed by atoms with Gasteiger partial charge < -0.3 is 9.47 Å². The molecule has 0 bridgehead atoms. The fourth-order valence-corrected chi connectivity index (χ4v) is 5.77. The first-order chi connectivity index (χ1) is 19.7. The van der Waals surface area contributed by atoms with Gasteiger partial charge in [-0.3, -0.25) is 0 Å². The molecule has 0 spiro atoms. The highest BCUT2D eigenvalue weighted by molar-refractivity contribution is 6.36. The van der Waals surface area contributed by atoms with Crippen molar-refractivity contribution in [1.29, 1.82) is 0 Å². The van der Waals surface area contributed by atoms with Gasteiger partial charge in [0.2, 0.25) is 0 Å². The van der Waals surface area contributed by atoms with E-state index in [1.165, 1.54) is 12.1 Å². The Hall–Kier alpha value is -4.86. The lowest BCUT2D eigenvalue weighted by Crippen LogP contribution is -2.12. The van der Waals surface area contributed by atoms with Crippen molar-refractivity contribution in [1.82, 2.24) is 4.57 Å². The zero-order chi connectivity index (χ0) is 27.1. The summed E-state index contributed by atoms with van der Waals surface area (Å²) in [5.41, 5.74) is 7.64. The Morgan fingerprint density at radius 3 is 1.57 bits per heavy atom. The first kappa shape index (κ1) is 24.2. The lowest BCUT2D eigenvalue weighted by Gasteiger charge is -2.28. The Labute approximate surface area is 237 Å². The highest BCUT2D eigenvalue weighted by Gasteiger charge is 2.22. The van der Waals surface area contributed by atoms with Crippen molar-refractivity contribution in [3.63, 3.8) is 0 Å². The summed E-state index contributed by atoms with van der Waals surface area (Å²) < 4.78 is 16.2. The molecule has 0 N–H and O–H groups in total. The summed E-state index contributed by atoms with van der Waals surface area (Å²) in [6.45, 7) is 0. The van der Waals surface area contributed by atoms with Gasteiger partial charge in [0.15, 0.2) is 0 Å². The normalized spacial score (nSPS) is 11.2. The van der Waals surface area contributed by atoms with Crippen molar-refractivity contribution >= 4 is 50.5 Å². The van der Waals surface area contributed by atoms with Crippen LogP contribution in [0.5, 0.6) is 0 Å². The molecule has 0 amide bonds. The second kappa shape index (κ2) is 10.0. The van der Waals surface area contributed by atoms with Crippen LogP contribution in [0.2, 0.25) is 5.02 Å². The third-order valence-electron chi connectivity index (χ3n) is 7.30. The number of para-hydroxylation sites is 4. The molecule has 192 valence electrons. The average molecular weight is 539 g/mol.